The van der Waals surface area contributed by atoms with Crippen LogP contribution in [-0.2, 0) is 0 Å². The third kappa shape index (κ3) is 2.32. The lowest BCUT2D eigenvalue weighted by molar-refractivity contribution is 0.207. The van der Waals surface area contributed by atoms with Crippen LogP contribution in [0, 0.1) is 11.3 Å². The first kappa shape index (κ1) is 10.1. The molecule has 1 aliphatic rings. The van der Waals surface area contributed by atoms with Gasteiger partial charge in [-0.3, -0.25) is 9.88 Å². The van der Waals surface area contributed by atoms with Gasteiger partial charge >= 0.3 is 0 Å². The van der Waals surface area contributed by atoms with Crippen molar-refractivity contribution in [3.05, 3.63) is 30.1 Å². The number of aromatic nitrogens is 1. The molecular weight excluding hydrogens is 188 g/mol. The van der Waals surface area contributed by atoms with E-state index in [1.54, 1.807) is 12.4 Å². The van der Waals surface area contributed by atoms with Crippen molar-refractivity contribution < 1.29 is 0 Å². The highest BCUT2D eigenvalue weighted by molar-refractivity contribution is 5.20. The molecule has 1 aromatic rings. The maximum absolute atomic E-state index is 9.19. The molecule has 0 aromatic carbocycles. The molecule has 4 nitrogen and oxygen atoms in total. The molecule has 1 fully saturated rings. The maximum atomic E-state index is 9.19. The predicted molar refractivity (Wildman–Crippen MR) is 57.0 cm³/mol. The van der Waals surface area contributed by atoms with Crippen molar-refractivity contribution in [1.82, 2.24) is 15.2 Å². The van der Waals surface area contributed by atoms with Crippen LogP contribution in [0.25, 0.3) is 0 Å². The van der Waals surface area contributed by atoms with Crippen LogP contribution in [0.1, 0.15) is 11.6 Å². The summed E-state index contributed by atoms with van der Waals surface area (Å²) >= 11 is 0. The average Bonchev–Trinajstić information content (AvgIpc) is 2.33. The fraction of sp³-hybridized carbons (Fsp3) is 0.455. The van der Waals surface area contributed by atoms with Gasteiger partial charge in [0.1, 0.15) is 6.04 Å². The molecule has 4 heteroatoms. The largest absolute Gasteiger partial charge is 0.314 e. The van der Waals surface area contributed by atoms with E-state index in [1.165, 1.54) is 0 Å². The third-order valence-electron chi connectivity index (χ3n) is 2.64. The average molecular weight is 202 g/mol. The zero-order valence-corrected chi connectivity index (χ0v) is 8.56. The molecule has 1 atom stereocenters. The van der Waals surface area contributed by atoms with Crippen molar-refractivity contribution in [2.24, 2.45) is 0 Å². The van der Waals surface area contributed by atoms with Crippen molar-refractivity contribution in [2.75, 3.05) is 26.2 Å². The number of rotatable bonds is 2. The number of piperazine rings is 1. The lowest BCUT2D eigenvalue weighted by Gasteiger charge is -2.30. The fourth-order valence-corrected chi connectivity index (χ4v) is 1.85. The van der Waals surface area contributed by atoms with Gasteiger partial charge in [-0.05, 0) is 6.07 Å². The lowest BCUT2D eigenvalue weighted by atomic mass is 10.1. The zero-order valence-electron chi connectivity index (χ0n) is 8.56. The number of pyridine rings is 1. The second-order valence-corrected chi connectivity index (χ2v) is 3.60. The van der Waals surface area contributed by atoms with E-state index in [4.69, 9.17) is 0 Å². The Morgan fingerprint density at radius 3 is 2.87 bits per heavy atom. The van der Waals surface area contributed by atoms with Crippen LogP contribution < -0.4 is 5.32 Å². The van der Waals surface area contributed by atoms with Crippen molar-refractivity contribution in [3.8, 4) is 6.07 Å². The van der Waals surface area contributed by atoms with Gasteiger partial charge in [-0.25, -0.2) is 0 Å². The summed E-state index contributed by atoms with van der Waals surface area (Å²) in [6, 6.07) is 6.03. The Balaban J connectivity index is 2.14. The Kier molecular flexibility index (Phi) is 3.28. The van der Waals surface area contributed by atoms with Gasteiger partial charge < -0.3 is 5.32 Å². The Morgan fingerprint density at radius 2 is 2.27 bits per heavy atom. The van der Waals surface area contributed by atoms with E-state index in [0.29, 0.717) is 0 Å². The molecule has 1 N–H and O–H groups in total. The molecule has 2 heterocycles. The van der Waals surface area contributed by atoms with E-state index < -0.39 is 0 Å². The van der Waals surface area contributed by atoms with Gasteiger partial charge in [0.15, 0.2) is 0 Å². The topological polar surface area (TPSA) is 52.0 Å². The Hall–Kier alpha value is -1.44. The van der Waals surface area contributed by atoms with Crippen molar-refractivity contribution in [2.45, 2.75) is 6.04 Å². The highest BCUT2D eigenvalue weighted by atomic mass is 15.2. The summed E-state index contributed by atoms with van der Waals surface area (Å²) < 4.78 is 0. The monoisotopic (exact) mass is 202 g/mol. The van der Waals surface area contributed by atoms with Gasteiger partial charge in [-0.1, -0.05) is 6.07 Å². The van der Waals surface area contributed by atoms with E-state index in [-0.39, 0.29) is 6.04 Å². The molecule has 0 bridgehead atoms. The minimum atomic E-state index is -0.152. The molecule has 1 unspecified atom stereocenters. The molecular formula is C11H14N4. The van der Waals surface area contributed by atoms with E-state index >= 15 is 0 Å². The first-order valence-electron chi connectivity index (χ1n) is 5.16. The van der Waals surface area contributed by atoms with Gasteiger partial charge in [0.25, 0.3) is 0 Å². The number of nitriles is 1. The van der Waals surface area contributed by atoms with Crippen LogP contribution in [0.3, 0.4) is 0 Å². The van der Waals surface area contributed by atoms with Crippen LogP contribution in [0.15, 0.2) is 24.5 Å². The molecule has 0 saturated carbocycles. The molecule has 0 radical (unpaired) electrons. The molecule has 1 aliphatic heterocycles. The standard InChI is InChI=1S/C11H14N4/c12-8-11(10-2-1-3-14-9-10)15-6-4-13-5-7-15/h1-3,9,11,13H,4-7H2. The predicted octanol–water partition coefficient (Wildman–Crippen LogP) is 0.551. The number of nitrogens with zero attached hydrogens (tertiary/aromatic N) is 3. The van der Waals surface area contributed by atoms with Gasteiger partial charge in [0.2, 0.25) is 0 Å². The molecule has 15 heavy (non-hydrogen) atoms. The second kappa shape index (κ2) is 4.87. The highest BCUT2D eigenvalue weighted by Gasteiger charge is 2.21. The zero-order chi connectivity index (χ0) is 10.5. The molecule has 0 amide bonds. The summed E-state index contributed by atoms with van der Waals surface area (Å²) in [5, 5.41) is 12.5. The summed E-state index contributed by atoms with van der Waals surface area (Å²) in [6.45, 7) is 3.76. The quantitative estimate of drug-likeness (QED) is 0.761. The Bertz CT molecular complexity index is 337. The normalized spacial score (nSPS) is 19.4. The Morgan fingerprint density at radius 1 is 1.47 bits per heavy atom. The smallest absolute Gasteiger partial charge is 0.125 e. The molecule has 0 spiro atoms. The summed E-state index contributed by atoms with van der Waals surface area (Å²) in [5.74, 6) is 0. The van der Waals surface area contributed by atoms with Crippen LogP contribution in [-0.4, -0.2) is 36.1 Å². The minimum absolute atomic E-state index is 0.152. The number of nitrogens with one attached hydrogen (secondary N) is 1. The lowest BCUT2D eigenvalue weighted by Crippen LogP contribution is -2.44. The van der Waals surface area contributed by atoms with Gasteiger partial charge in [0.05, 0.1) is 6.07 Å². The minimum Gasteiger partial charge on any atom is -0.314 e. The fourth-order valence-electron chi connectivity index (χ4n) is 1.85. The van der Waals surface area contributed by atoms with Crippen molar-refractivity contribution >= 4 is 0 Å². The van der Waals surface area contributed by atoms with E-state index in [0.717, 1.165) is 31.7 Å². The van der Waals surface area contributed by atoms with Crippen LogP contribution >= 0.6 is 0 Å². The van der Waals surface area contributed by atoms with Crippen LogP contribution in [0.4, 0.5) is 0 Å². The van der Waals surface area contributed by atoms with Crippen molar-refractivity contribution in [3.63, 3.8) is 0 Å². The Labute approximate surface area is 89.5 Å². The summed E-state index contributed by atoms with van der Waals surface area (Å²) in [4.78, 5) is 6.24. The van der Waals surface area contributed by atoms with Crippen LogP contribution in [0.5, 0.6) is 0 Å². The summed E-state index contributed by atoms with van der Waals surface area (Å²) in [5.41, 5.74) is 0.988. The third-order valence-corrected chi connectivity index (χ3v) is 2.64. The number of hydrogen-bond donors (Lipinski definition) is 1. The van der Waals surface area contributed by atoms with Gasteiger partial charge in [-0.15, -0.1) is 0 Å². The molecule has 0 aliphatic carbocycles. The molecule has 2 rings (SSSR count). The van der Waals surface area contributed by atoms with E-state index in [9.17, 15) is 5.26 Å². The van der Waals surface area contributed by atoms with Crippen molar-refractivity contribution in [1.29, 1.82) is 5.26 Å². The van der Waals surface area contributed by atoms with Gasteiger partial charge in [0, 0.05) is 44.1 Å². The maximum Gasteiger partial charge on any atom is 0.125 e. The molecule has 78 valence electrons. The molecule has 1 aromatic heterocycles. The summed E-state index contributed by atoms with van der Waals surface area (Å²) in [7, 11) is 0. The molecule has 1 saturated heterocycles. The second-order valence-electron chi connectivity index (χ2n) is 3.60. The highest BCUT2D eigenvalue weighted by Crippen LogP contribution is 2.18. The van der Waals surface area contributed by atoms with Crippen LogP contribution in [0.2, 0.25) is 0 Å². The summed E-state index contributed by atoms with van der Waals surface area (Å²) in [6.07, 6.45) is 3.51. The van der Waals surface area contributed by atoms with Gasteiger partial charge in [-0.2, -0.15) is 5.26 Å². The van der Waals surface area contributed by atoms with E-state index in [2.05, 4.69) is 21.3 Å². The number of hydrogen-bond acceptors (Lipinski definition) is 4. The first-order valence-corrected chi connectivity index (χ1v) is 5.16. The SMILES string of the molecule is N#CC(c1cccnc1)N1CCNCC1. The first-order chi connectivity index (χ1) is 7.42. The van der Waals surface area contributed by atoms with E-state index in [1.807, 2.05) is 12.1 Å².